The number of hydrogen-bond acceptors (Lipinski definition) is 5. The van der Waals surface area contributed by atoms with Crippen molar-refractivity contribution in [1.82, 2.24) is 5.32 Å². The summed E-state index contributed by atoms with van der Waals surface area (Å²) in [6.07, 6.45) is 0.406. The van der Waals surface area contributed by atoms with Crippen LogP contribution in [-0.2, 0) is 9.59 Å². The van der Waals surface area contributed by atoms with Gasteiger partial charge in [0, 0.05) is 43.5 Å². The van der Waals surface area contributed by atoms with Crippen LogP contribution in [-0.4, -0.2) is 43.0 Å². The molecule has 2 rings (SSSR count). The van der Waals surface area contributed by atoms with Crippen molar-refractivity contribution in [1.29, 1.82) is 0 Å². The maximum atomic E-state index is 12.2. The summed E-state index contributed by atoms with van der Waals surface area (Å²) >= 11 is 1.85. The van der Waals surface area contributed by atoms with E-state index < -0.39 is 0 Å². The molecule has 1 saturated heterocycles. The summed E-state index contributed by atoms with van der Waals surface area (Å²) in [5, 5.41) is 8.89. The van der Waals surface area contributed by atoms with Crippen LogP contribution in [0.3, 0.4) is 0 Å². The van der Waals surface area contributed by atoms with E-state index in [2.05, 4.69) is 16.0 Å². The number of hydrogen-bond donors (Lipinski definition) is 3. The van der Waals surface area contributed by atoms with Crippen LogP contribution in [0.25, 0.3) is 0 Å². The number of carbonyl (C=O) groups is 2. The largest absolute Gasteiger partial charge is 0.497 e. The Labute approximate surface area is 146 Å². The Kier molecular flexibility index (Phi) is 8.22. The first-order chi connectivity index (χ1) is 10.6. The minimum absolute atomic E-state index is 0. The van der Waals surface area contributed by atoms with Gasteiger partial charge in [-0.2, -0.15) is 11.8 Å². The number of halogens is 1. The zero-order valence-corrected chi connectivity index (χ0v) is 14.8. The average Bonchev–Trinajstić information content (AvgIpc) is 2.49. The second-order valence-electron chi connectivity index (χ2n) is 5.07. The van der Waals surface area contributed by atoms with Gasteiger partial charge in [0.2, 0.25) is 11.8 Å². The van der Waals surface area contributed by atoms with Crippen LogP contribution in [0.5, 0.6) is 5.75 Å². The maximum absolute atomic E-state index is 12.2. The van der Waals surface area contributed by atoms with Gasteiger partial charge in [-0.3, -0.25) is 9.59 Å². The first-order valence-corrected chi connectivity index (χ1v) is 8.30. The minimum atomic E-state index is -0.189. The van der Waals surface area contributed by atoms with Crippen LogP contribution in [0, 0.1) is 0 Å². The quantitative estimate of drug-likeness (QED) is 0.750. The lowest BCUT2D eigenvalue weighted by molar-refractivity contribution is -0.116. The second-order valence-corrected chi connectivity index (χ2v) is 6.22. The predicted octanol–water partition coefficient (Wildman–Crippen LogP) is 2.11. The van der Waals surface area contributed by atoms with Crippen LogP contribution < -0.4 is 20.7 Å². The third kappa shape index (κ3) is 6.29. The van der Waals surface area contributed by atoms with Gasteiger partial charge in [-0.25, -0.2) is 0 Å². The number of ether oxygens (including phenoxy) is 1. The van der Waals surface area contributed by atoms with E-state index in [9.17, 15) is 9.59 Å². The lowest BCUT2D eigenvalue weighted by atomic mass is 10.2. The van der Waals surface area contributed by atoms with E-state index in [-0.39, 0.29) is 30.3 Å². The molecular formula is C15H22ClN3O3S. The molecule has 0 aromatic heterocycles. The standard InChI is InChI=1S/C15H21N3O3S.ClH/c1-10(19)17-13-4-3-12(21-2)8-14(13)18-15(20)7-11-9-22-6-5-16-11;/h3-4,8,11,16H,5-7,9H2,1-2H3,(H,17,19)(H,18,20);1H. The number of amides is 2. The summed E-state index contributed by atoms with van der Waals surface area (Å²) in [7, 11) is 1.56. The lowest BCUT2D eigenvalue weighted by Crippen LogP contribution is -2.39. The van der Waals surface area contributed by atoms with E-state index in [1.54, 1.807) is 25.3 Å². The molecule has 8 heteroatoms. The molecule has 1 unspecified atom stereocenters. The van der Waals surface area contributed by atoms with Crippen molar-refractivity contribution in [3.05, 3.63) is 18.2 Å². The Hall–Kier alpha value is -1.44. The molecule has 1 aliphatic heterocycles. The Morgan fingerprint density at radius 3 is 2.74 bits per heavy atom. The van der Waals surface area contributed by atoms with Crippen molar-refractivity contribution in [2.75, 3.05) is 35.8 Å². The van der Waals surface area contributed by atoms with Gasteiger partial charge >= 0.3 is 0 Å². The molecule has 0 aliphatic carbocycles. The van der Waals surface area contributed by atoms with Crippen molar-refractivity contribution in [2.24, 2.45) is 0 Å². The van der Waals surface area contributed by atoms with E-state index >= 15 is 0 Å². The van der Waals surface area contributed by atoms with Gasteiger partial charge < -0.3 is 20.7 Å². The number of carbonyl (C=O) groups excluding carboxylic acids is 2. The van der Waals surface area contributed by atoms with Crippen LogP contribution >= 0.6 is 24.2 Å². The van der Waals surface area contributed by atoms with Gasteiger partial charge in [-0.1, -0.05) is 0 Å². The zero-order valence-electron chi connectivity index (χ0n) is 13.2. The van der Waals surface area contributed by atoms with Crippen molar-refractivity contribution in [2.45, 2.75) is 19.4 Å². The number of nitrogens with one attached hydrogen (secondary N) is 3. The van der Waals surface area contributed by atoms with Crippen molar-refractivity contribution in [3.8, 4) is 5.75 Å². The van der Waals surface area contributed by atoms with Crippen LogP contribution in [0.4, 0.5) is 11.4 Å². The maximum Gasteiger partial charge on any atom is 0.226 e. The molecule has 0 spiro atoms. The molecule has 0 bridgehead atoms. The van der Waals surface area contributed by atoms with Crippen molar-refractivity contribution >= 4 is 47.4 Å². The van der Waals surface area contributed by atoms with E-state index in [0.29, 0.717) is 23.5 Å². The molecular weight excluding hydrogens is 338 g/mol. The molecule has 0 saturated carbocycles. The molecule has 1 atom stereocenters. The van der Waals surface area contributed by atoms with Gasteiger partial charge in [-0.15, -0.1) is 12.4 Å². The fraction of sp³-hybridized carbons (Fsp3) is 0.467. The van der Waals surface area contributed by atoms with Gasteiger partial charge in [0.05, 0.1) is 18.5 Å². The molecule has 128 valence electrons. The Balaban J connectivity index is 0.00000264. The number of methoxy groups -OCH3 is 1. The van der Waals surface area contributed by atoms with E-state index in [1.807, 2.05) is 11.8 Å². The third-order valence-corrected chi connectivity index (χ3v) is 4.37. The topological polar surface area (TPSA) is 79.5 Å². The third-order valence-electron chi connectivity index (χ3n) is 3.24. The molecule has 0 radical (unpaired) electrons. The van der Waals surface area contributed by atoms with Crippen molar-refractivity contribution in [3.63, 3.8) is 0 Å². The summed E-state index contributed by atoms with van der Waals surface area (Å²) in [6.45, 7) is 2.36. The highest BCUT2D eigenvalue weighted by Crippen LogP contribution is 2.27. The fourth-order valence-electron chi connectivity index (χ4n) is 2.23. The molecule has 1 aromatic carbocycles. The van der Waals surface area contributed by atoms with E-state index in [4.69, 9.17) is 4.74 Å². The van der Waals surface area contributed by atoms with Gasteiger partial charge in [0.1, 0.15) is 5.75 Å². The lowest BCUT2D eigenvalue weighted by Gasteiger charge is -2.22. The minimum Gasteiger partial charge on any atom is -0.497 e. The smallest absolute Gasteiger partial charge is 0.226 e. The first kappa shape index (κ1) is 19.6. The summed E-state index contributed by atoms with van der Waals surface area (Å²) in [4.78, 5) is 23.5. The molecule has 1 aromatic rings. The van der Waals surface area contributed by atoms with E-state index in [0.717, 1.165) is 18.1 Å². The highest BCUT2D eigenvalue weighted by Gasteiger charge is 2.18. The number of thioether (sulfide) groups is 1. The summed E-state index contributed by atoms with van der Waals surface area (Å²) in [5.74, 6) is 2.37. The van der Waals surface area contributed by atoms with E-state index in [1.165, 1.54) is 6.92 Å². The predicted molar refractivity (Wildman–Crippen MR) is 96.9 cm³/mol. The molecule has 23 heavy (non-hydrogen) atoms. The van der Waals surface area contributed by atoms with Crippen LogP contribution in [0.15, 0.2) is 18.2 Å². The fourth-order valence-corrected chi connectivity index (χ4v) is 3.18. The summed E-state index contributed by atoms with van der Waals surface area (Å²) < 4.78 is 5.17. The molecule has 2 amide bonds. The Morgan fingerprint density at radius 1 is 1.35 bits per heavy atom. The van der Waals surface area contributed by atoms with Crippen LogP contribution in [0.2, 0.25) is 0 Å². The average molecular weight is 360 g/mol. The normalized spacial score (nSPS) is 16.9. The molecule has 6 nitrogen and oxygen atoms in total. The number of benzene rings is 1. The zero-order chi connectivity index (χ0) is 15.9. The second kappa shape index (κ2) is 9.64. The molecule has 1 aliphatic rings. The van der Waals surface area contributed by atoms with Gasteiger partial charge in [-0.05, 0) is 12.1 Å². The highest BCUT2D eigenvalue weighted by molar-refractivity contribution is 7.99. The molecule has 1 fully saturated rings. The number of anilines is 2. The highest BCUT2D eigenvalue weighted by atomic mass is 35.5. The Morgan fingerprint density at radius 2 is 2.13 bits per heavy atom. The number of rotatable bonds is 5. The van der Waals surface area contributed by atoms with Gasteiger partial charge in [0.15, 0.2) is 0 Å². The van der Waals surface area contributed by atoms with Gasteiger partial charge in [0.25, 0.3) is 0 Å². The van der Waals surface area contributed by atoms with Crippen LogP contribution in [0.1, 0.15) is 13.3 Å². The Bertz CT molecular complexity index is 551. The van der Waals surface area contributed by atoms with Crippen molar-refractivity contribution < 1.29 is 14.3 Å². The summed E-state index contributed by atoms with van der Waals surface area (Å²) in [6, 6.07) is 5.34. The monoisotopic (exact) mass is 359 g/mol. The summed E-state index contributed by atoms with van der Waals surface area (Å²) in [5.41, 5.74) is 1.11. The molecule has 3 N–H and O–H groups in total. The first-order valence-electron chi connectivity index (χ1n) is 7.15. The SMILES string of the molecule is COc1ccc(NC(C)=O)c(NC(=O)CC2CSCCN2)c1.Cl. The molecule has 1 heterocycles.